The molecular weight excluding hydrogens is 286 g/mol. The number of nitrogens with zero attached hydrogens (tertiary/aromatic N) is 3. The van der Waals surface area contributed by atoms with Crippen LogP contribution in [0, 0.1) is 0 Å². The van der Waals surface area contributed by atoms with Crippen molar-refractivity contribution in [1.82, 2.24) is 14.8 Å². The third-order valence-electron chi connectivity index (χ3n) is 4.57. The van der Waals surface area contributed by atoms with Crippen LogP contribution in [0.2, 0.25) is 0 Å². The first-order chi connectivity index (χ1) is 10.3. The van der Waals surface area contributed by atoms with Crippen LogP contribution < -0.4 is 0 Å². The van der Waals surface area contributed by atoms with E-state index >= 15 is 0 Å². The number of carbonyl (C=O) groups is 1. The Balaban J connectivity index is 1.47. The van der Waals surface area contributed by atoms with Crippen LogP contribution in [0.15, 0.2) is 33.9 Å². The molecule has 2 saturated heterocycles. The van der Waals surface area contributed by atoms with Gasteiger partial charge in [-0.05, 0) is 18.9 Å². The average molecular weight is 303 g/mol. The highest BCUT2D eigenvalue weighted by molar-refractivity contribution is 7.07. The molecule has 0 spiro atoms. The summed E-state index contributed by atoms with van der Waals surface area (Å²) in [5, 5.41) is 1.84. The molecule has 0 unspecified atom stereocenters. The first-order valence-electron chi connectivity index (χ1n) is 7.27. The Morgan fingerprint density at radius 2 is 2.29 bits per heavy atom. The predicted octanol–water partition coefficient (Wildman–Crippen LogP) is 2.23. The molecule has 6 heteroatoms. The number of furan rings is 1. The number of amides is 1. The predicted molar refractivity (Wildman–Crippen MR) is 79.1 cm³/mol. The van der Waals surface area contributed by atoms with Crippen molar-refractivity contribution >= 4 is 17.2 Å². The maximum absolute atomic E-state index is 12.5. The lowest BCUT2D eigenvalue weighted by Crippen LogP contribution is -2.39. The number of rotatable bonds is 3. The summed E-state index contributed by atoms with van der Waals surface area (Å²) in [6, 6.07) is 2.83. The monoisotopic (exact) mass is 303 g/mol. The molecule has 2 aromatic rings. The summed E-state index contributed by atoms with van der Waals surface area (Å²) in [5.74, 6) is 0.0916. The molecule has 2 aliphatic rings. The minimum absolute atomic E-state index is 0.0916. The SMILES string of the molecule is O=C(c1cscn1)N1CC[C@@H]2[C@H]1CCN2Cc1ccoc1. The Morgan fingerprint density at radius 3 is 3.05 bits per heavy atom. The molecule has 2 aliphatic heterocycles. The Morgan fingerprint density at radius 1 is 1.38 bits per heavy atom. The Labute approximate surface area is 127 Å². The standard InChI is InChI=1S/C15H17N3O2S/c19-15(12-9-21-10-16-12)18-5-2-13-14(18)1-4-17(13)7-11-3-6-20-8-11/h3,6,8-10,13-14H,1-2,4-5,7H2/t13-,14-/m1/s1. The van der Waals surface area contributed by atoms with Gasteiger partial charge in [-0.15, -0.1) is 11.3 Å². The quantitative estimate of drug-likeness (QED) is 0.872. The Bertz CT molecular complexity index is 611. The van der Waals surface area contributed by atoms with E-state index in [4.69, 9.17) is 4.42 Å². The van der Waals surface area contributed by atoms with E-state index in [0.717, 1.165) is 32.5 Å². The van der Waals surface area contributed by atoms with Gasteiger partial charge in [0.1, 0.15) is 5.69 Å². The van der Waals surface area contributed by atoms with E-state index in [-0.39, 0.29) is 5.91 Å². The van der Waals surface area contributed by atoms with Crippen LogP contribution in [0.3, 0.4) is 0 Å². The molecule has 2 atom stereocenters. The van der Waals surface area contributed by atoms with Crippen molar-refractivity contribution < 1.29 is 9.21 Å². The summed E-state index contributed by atoms with van der Waals surface area (Å²) in [4.78, 5) is 21.2. The van der Waals surface area contributed by atoms with Crippen LogP contribution in [0.4, 0.5) is 0 Å². The lowest BCUT2D eigenvalue weighted by Gasteiger charge is -2.25. The molecule has 2 fully saturated rings. The van der Waals surface area contributed by atoms with E-state index in [9.17, 15) is 4.79 Å². The molecule has 0 N–H and O–H groups in total. The van der Waals surface area contributed by atoms with Gasteiger partial charge in [-0.1, -0.05) is 0 Å². The fraction of sp³-hybridized carbons (Fsp3) is 0.467. The van der Waals surface area contributed by atoms with Crippen molar-refractivity contribution in [2.75, 3.05) is 13.1 Å². The molecule has 0 aromatic carbocycles. The molecule has 0 saturated carbocycles. The number of aromatic nitrogens is 1. The van der Waals surface area contributed by atoms with Gasteiger partial charge in [0.25, 0.3) is 5.91 Å². The molecule has 0 bridgehead atoms. The lowest BCUT2D eigenvalue weighted by molar-refractivity contribution is 0.0726. The van der Waals surface area contributed by atoms with Crippen LogP contribution >= 0.6 is 11.3 Å². The number of fused-ring (bicyclic) bond motifs is 1. The smallest absolute Gasteiger partial charge is 0.273 e. The number of carbonyl (C=O) groups excluding carboxylic acids is 1. The van der Waals surface area contributed by atoms with Gasteiger partial charge in [-0.25, -0.2) is 4.98 Å². The lowest BCUT2D eigenvalue weighted by atomic mass is 10.1. The second-order valence-electron chi connectivity index (χ2n) is 5.69. The number of hydrogen-bond acceptors (Lipinski definition) is 5. The van der Waals surface area contributed by atoms with Gasteiger partial charge in [0, 0.05) is 42.7 Å². The summed E-state index contributed by atoms with van der Waals surface area (Å²) in [6.45, 7) is 2.80. The molecule has 4 rings (SSSR count). The molecule has 5 nitrogen and oxygen atoms in total. The molecule has 21 heavy (non-hydrogen) atoms. The number of thiazole rings is 1. The first kappa shape index (κ1) is 13.0. The Hall–Kier alpha value is -1.66. The summed E-state index contributed by atoms with van der Waals surface area (Å²) >= 11 is 1.48. The molecular formula is C15H17N3O2S. The van der Waals surface area contributed by atoms with Gasteiger partial charge in [0.2, 0.25) is 0 Å². The number of hydrogen-bond donors (Lipinski definition) is 0. The normalized spacial score (nSPS) is 25.4. The van der Waals surface area contributed by atoms with Crippen molar-refractivity contribution in [1.29, 1.82) is 0 Å². The molecule has 110 valence electrons. The Kier molecular flexibility index (Phi) is 3.27. The van der Waals surface area contributed by atoms with Gasteiger partial charge in [-0.2, -0.15) is 0 Å². The minimum Gasteiger partial charge on any atom is -0.472 e. The zero-order valence-corrected chi connectivity index (χ0v) is 12.5. The third-order valence-corrected chi connectivity index (χ3v) is 5.16. The van der Waals surface area contributed by atoms with Crippen LogP contribution in [-0.4, -0.2) is 45.9 Å². The van der Waals surface area contributed by atoms with Crippen LogP contribution in [0.1, 0.15) is 28.9 Å². The van der Waals surface area contributed by atoms with Crippen molar-refractivity contribution in [3.8, 4) is 0 Å². The fourth-order valence-corrected chi connectivity index (χ4v) is 4.13. The summed E-state index contributed by atoms with van der Waals surface area (Å²) < 4.78 is 5.15. The van der Waals surface area contributed by atoms with Crippen molar-refractivity contribution in [2.24, 2.45) is 0 Å². The van der Waals surface area contributed by atoms with Gasteiger partial charge in [0.05, 0.1) is 18.0 Å². The van der Waals surface area contributed by atoms with E-state index in [1.165, 1.54) is 16.9 Å². The van der Waals surface area contributed by atoms with E-state index in [2.05, 4.69) is 9.88 Å². The summed E-state index contributed by atoms with van der Waals surface area (Å²) in [5.41, 5.74) is 3.52. The maximum atomic E-state index is 12.5. The average Bonchev–Trinajstić information content (AvgIpc) is 3.26. The third kappa shape index (κ3) is 2.28. The van der Waals surface area contributed by atoms with Gasteiger partial charge in [0.15, 0.2) is 0 Å². The van der Waals surface area contributed by atoms with Crippen LogP contribution in [-0.2, 0) is 6.54 Å². The molecule has 4 heterocycles. The highest BCUT2D eigenvalue weighted by Crippen LogP contribution is 2.33. The van der Waals surface area contributed by atoms with Gasteiger partial charge >= 0.3 is 0 Å². The van der Waals surface area contributed by atoms with Gasteiger partial charge < -0.3 is 9.32 Å². The van der Waals surface area contributed by atoms with E-state index in [0.29, 0.717) is 17.8 Å². The highest BCUT2D eigenvalue weighted by Gasteiger charge is 2.44. The minimum atomic E-state index is 0.0916. The van der Waals surface area contributed by atoms with Gasteiger partial charge in [-0.3, -0.25) is 9.69 Å². The summed E-state index contributed by atoms with van der Waals surface area (Å²) in [7, 11) is 0. The zero-order chi connectivity index (χ0) is 14.2. The second kappa shape index (κ2) is 5.27. The largest absolute Gasteiger partial charge is 0.472 e. The van der Waals surface area contributed by atoms with E-state index < -0.39 is 0 Å². The second-order valence-corrected chi connectivity index (χ2v) is 6.41. The zero-order valence-electron chi connectivity index (χ0n) is 11.6. The van der Waals surface area contributed by atoms with Crippen molar-refractivity contribution in [2.45, 2.75) is 31.5 Å². The highest BCUT2D eigenvalue weighted by atomic mass is 32.1. The first-order valence-corrected chi connectivity index (χ1v) is 8.21. The fourth-order valence-electron chi connectivity index (χ4n) is 3.61. The van der Waals surface area contributed by atoms with E-state index in [1.54, 1.807) is 18.0 Å². The van der Waals surface area contributed by atoms with E-state index in [1.807, 2.05) is 16.3 Å². The molecule has 0 aliphatic carbocycles. The topological polar surface area (TPSA) is 49.6 Å². The van der Waals surface area contributed by atoms with Crippen LogP contribution in [0.5, 0.6) is 0 Å². The van der Waals surface area contributed by atoms with Crippen molar-refractivity contribution in [3.05, 3.63) is 40.7 Å². The number of likely N-dealkylation sites (tertiary alicyclic amines) is 2. The molecule has 1 amide bonds. The summed E-state index contributed by atoms with van der Waals surface area (Å²) in [6.07, 6.45) is 5.63. The van der Waals surface area contributed by atoms with Crippen LogP contribution in [0.25, 0.3) is 0 Å². The van der Waals surface area contributed by atoms with Crippen molar-refractivity contribution in [3.63, 3.8) is 0 Å². The molecule has 2 aromatic heterocycles. The maximum Gasteiger partial charge on any atom is 0.273 e. The molecule has 0 radical (unpaired) electrons.